The zero-order valence-electron chi connectivity index (χ0n) is 5.73. The van der Waals surface area contributed by atoms with Gasteiger partial charge in [0.2, 0.25) is 0 Å². The highest BCUT2D eigenvalue weighted by Gasteiger charge is 2.34. The molecule has 1 rings (SSSR count). The topological polar surface area (TPSA) is 29.3 Å². The molecule has 2 nitrogen and oxygen atoms in total. The molecule has 0 spiro atoms. The Balaban J connectivity index is 2.45. The minimum atomic E-state index is -1.09. The second-order valence-electron chi connectivity index (χ2n) is 2.84. The van der Waals surface area contributed by atoms with E-state index in [0.717, 1.165) is 6.54 Å². The maximum atomic E-state index is 13.1. The molecule has 0 bridgehead atoms. The molecule has 1 fully saturated rings. The second-order valence-corrected chi connectivity index (χ2v) is 2.84. The lowest BCUT2D eigenvalue weighted by Gasteiger charge is -2.15. The van der Waals surface area contributed by atoms with Gasteiger partial charge in [0.05, 0.1) is 0 Å². The van der Waals surface area contributed by atoms with E-state index < -0.39 is 5.67 Å². The van der Waals surface area contributed by atoms with Crippen molar-refractivity contribution >= 4 is 0 Å². The molecule has 1 heterocycles. The molecule has 1 atom stereocenters. The fraction of sp³-hybridized carbons (Fsp3) is 1.00. The number of halogens is 1. The van der Waals surface area contributed by atoms with Crippen LogP contribution in [0.4, 0.5) is 4.39 Å². The van der Waals surface area contributed by atoms with Gasteiger partial charge in [-0.25, -0.2) is 4.39 Å². The molecule has 0 amide bonds. The molecule has 1 saturated heterocycles. The molecule has 0 unspecified atom stereocenters. The SMILES string of the molecule is CN1CC[C@](F)(CN)C1. The smallest absolute Gasteiger partial charge is 0.136 e. The quantitative estimate of drug-likeness (QED) is 0.543. The minimum absolute atomic E-state index is 0.164. The average Bonchev–Trinajstić information content (AvgIpc) is 2.13. The molecule has 54 valence electrons. The highest BCUT2D eigenvalue weighted by Crippen LogP contribution is 2.22. The third-order valence-corrected chi connectivity index (χ3v) is 1.86. The van der Waals surface area contributed by atoms with Gasteiger partial charge < -0.3 is 10.6 Å². The first-order valence-electron chi connectivity index (χ1n) is 3.24. The Bertz CT molecular complexity index is 107. The summed E-state index contributed by atoms with van der Waals surface area (Å²) in [6.07, 6.45) is 0.597. The Labute approximate surface area is 54.8 Å². The molecule has 0 aromatic carbocycles. The van der Waals surface area contributed by atoms with E-state index in [1.807, 2.05) is 11.9 Å². The summed E-state index contributed by atoms with van der Waals surface area (Å²) in [6, 6.07) is 0. The predicted octanol–water partition coefficient (Wildman–Crippen LogP) is -0.0111. The van der Waals surface area contributed by atoms with Gasteiger partial charge in [0.1, 0.15) is 5.67 Å². The summed E-state index contributed by atoms with van der Waals surface area (Å²) < 4.78 is 13.1. The van der Waals surface area contributed by atoms with Crippen LogP contribution >= 0.6 is 0 Å². The molecular formula is C6H13FN2. The van der Waals surface area contributed by atoms with Crippen LogP contribution in [0.1, 0.15) is 6.42 Å². The van der Waals surface area contributed by atoms with Gasteiger partial charge in [-0.1, -0.05) is 0 Å². The van der Waals surface area contributed by atoms with E-state index in [0.29, 0.717) is 13.0 Å². The van der Waals surface area contributed by atoms with E-state index in [9.17, 15) is 4.39 Å². The predicted molar refractivity (Wildman–Crippen MR) is 35.0 cm³/mol. The van der Waals surface area contributed by atoms with Crippen LogP contribution in [0.25, 0.3) is 0 Å². The fourth-order valence-corrected chi connectivity index (χ4v) is 1.20. The van der Waals surface area contributed by atoms with Crippen LogP contribution in [0.15, 0.2) is 0 Å². The van der Waals surface area contributed by atoms with Gasteiger partial charge in [-0.05, 0) is 13.5 Å². The van der Waals surface area contributed by atoms with Crippen molar-refractivity contribution in [3.63, 3.8) is 0 Å². The molecule has 2 N–H and O–H groups in total. The van der Waals surface area contributed by atoms with E-state index in [1.165, 1.54) is 0 Å². The van der Waals surface area contributed by atoms with Crippen molar-refractivity contribution in [2.45, 2.75) is 12.1 Å². The summed E-state index contributed by atoms with van der Waals surface area (Å²) in [4.78, 5) is 1.97. The lowest BCUT2D eigenvalue weighted by Crippen LogP contribution is -2.35. The van der Waals surface area contributed by atoms with Crippen LogP contribution in [0.2, 0.25) is 0 Å². The maximum absolute atomic E-state index is 13.1. The average molecular weight is 132 g/mol. The van der Waals surface area contributed by atoms with Crippen LogP contribution in [0.5, 0.6) is 0 Å². The number of nitrogens with two attached hydrogens (primary N) is 1. The summed E-state index contributed by atoms with van der Waals surface area (Å²) >= 11 is 0. The largest absolute Gasteiger partial charge is 0.327 e. The standard InChI is InChI=1S/C6H13FN2/c1-9-3-2-6(7,4-8)5-9/h2-5,8H2,1H3/t6-/m0/s1. The maximum Gasteiger partial charge on any atom is 0.136 e. The number of likely N-dealkylation sites (tertiary alicyclic amines) is 1. The molecule has 0 aliphatic carbocycles. The zero-order valence-corrected chi connectivity index (χ0v) is 5.73. The van der Waals surface area contributed by atoms with Crippen LogP contribution in [0, 0.1) is 0 Å². The van der Waals surface area contributed by atoms with E-state index in [4.69, 9.17) is 5.73 Å². The van der Waals surface area contributed by atoms with Crippen molar-refractivity contribution in [1.82, 2.24) is 4.90 Å². The van der Waals surface area contributed by atoms with Crippen molar-refractivity contribution in [3.8, 4) is 0 Å². The number of rotatable bonds is 1. The van der Waals surface area contributed by atoms with Crippen LogP contribution < -0.4 is 5.73 Å². The highest BCUT2D eigenvalue weighted by atomic mass is 19.1. The van der Waals surface area contributed by atoms with Gasteiger partial charge in [0.25, 0.3) is 0 Å². The van der Waals surface area contributed by atoms with Gasteiger partial charge in [-0.15, -0.1) is 0 Å². The number of hydrogen-bond donors (Lipinski definition) is 1. The molecule has 0 aromatic heterocycles. The Morgan fingerprint density at radius 1 is 1.78 bits per heavy atom. The first kappa shape index (κ1) is 6.96. The summed E-state index contributed by atoms with van der Waals surface area (Å²) in [6.45, 7) is 1.51. The third kappa shape index (κ3) is 1.40. The lowest BCUT2D eigenvalue weighted by molar-refractivity contribution is 0.183. The van der Waals surface area contributed by atoms with E-state index in [-0.39, 0.29) is 6.54 Å². The monoisotopic (exact) mass is 132 g/mol. The van der Waals surface area contributed by atoms with Crippen LogP contribution in [-0.4, -0.2) is 37.3 Å². The van der Waals surface area contributed by atoms with Crippen LogP contribution in [-0.2, 0) is 0 Å². The molecule has 0 radical (unpaired) electrons. The van der Waals surface area contributed by atoms with E-state index in [2.05, 4.69) is 0 Å². The highest BCUT2D eigenvalue weighted by molar-refractivity contribution is 4.89. The van der Waals surface area contributed by atoms with Crippen molar-refractivity contribution in [2.24, 2.45) is 5.73 Å². The normalized spacial score (nSPS) is 37.7. The molecule has 1 aliphatic heterocycles. The molecular weight excluding hydrogens is 119 g/mol. The van der Waals surface area contributed by atoms with Crippen molar-refractivity contribution in [2.75, 3.05) is 26.7 Å². The molecule has 0 aromatic rings. The van der Waals surface area contributed by atoms with Gasteiger partial charge in [-0.3, -0.25) is 0 Å². The summed E-state index contributed by atoms with van der Waals surface area (Å²) in [5, 5.41) is 0. The van der Waals surface area contributed by atoms with Crippen molar-refractivity contribution in [3.05, 3.63) is 0 Å². The summed E-state index contributed by atoms with van der Waals surface area (Å²) in [5.41, 5.74) is 4.14. The second kappa shape index (κ2) is 2.23. The fourth-order valence-electron chi connectivity index (χ4n) is 1.20. The van der Waals surface area contributed by atoms with Gasteiger partial charge in [-0.2, -0.15) is 0 Å². The minimum Gasteiger partial charge on any atom is -0.327 e. The molecule has 9 heavy (non-hydrogen) atoms. The number of nitrogens with zero attached hydrogens (tertiary/aromatic N) is 1. The van der Waals surface area contributed by atoms with E-state index >= 15 is 0 Å². The van der Waals surface area contributed by atoms with Crippen molar-refractivity contribution in [1.29, 1.82) is 0 Å². The Kier molecular flexibility index (Phi) is 1.73. The van der Waals surface area contributed by atoms with Gasteiger partial charge in [0.15, 0.2) is 0 Å². The van der Waals surface area contributed by atoms with Crippen LogP contribution in [0.3, 0.4) is 0 Å². The lowest BCUT2D eigenvalue weighted by atomic mass is 10.1. The van der Waals surface area contributed by atoms with Gasteiger partial charge >= 0.3 is 0 Å². The summed E-state index contributed by atoms with van der Waals surface area (Å²) in [5.74, 6) is 0. The Morgan fingerprint density at radius 3 is 2.67 bits per heavy atom. The number of hydrogen-bond acceptors (Lipinski definition) is 2. The Morgan fingerprint density at radius 2 is 2.44 bits per heavy atom. The van der Waals surface area contributed by atoms with Gasteiger partial charge in [0, 0.05) is 19.6 Å². The van der Waals surface area contributed by atoms with E-state index in [1.54, 1.807) is 0 Å². The Hall–Kier alpha value is -0.150. The molecule has 0 saturated carbocycles. The van der Waals surface area contributed by atoms with Crippen molar-refractivity contribution < 1.29 is 4.39 Å². The third-order valence-electron chi connectivity index (χ3n) is 1.86. The number of alkyl halides is 1. The summed E-state index contributed by atoms with van der Waals surface area (Å²) in [7, 11) is 1.91. The molecule has 3 heteroatoms. The first-order chi connectivity index (χ1) is 4.16. The first-order valence-corrected chi connectivity index (χ1v) is 3.24. The molecule has 1 aliphatic rings. The zero-order chi connectivity index (χ0) is 6.91.